The second-order valence-electron chi connectivity index (χ2n) is 12.0. The van der Waals surface area contributed by atoms with E-state index in [1.165, 1.54) is 18.3 Å². The summed E-state index contributed by atoms with van der Waals surface area (Å²) in [5.74, 6) is 0.682. The number of fused-ring (bicyclic) bond motifs is 6. The van der Waals surface area contributed by atoms with Crippen LogP contribution in [0.3, 0.4) is 0 Å². The lowest BCUT2D eigenvalue weighted by atomic mass is 10.0. The zero-order valence-corrected chi connectivity index (χ0v) is 26.3. The molecular formula is C30H31ClF3N7O3S. The maximum Gasteiger partial charge on any atom is 0.487 e. The molecule has 15 heteroatoms. The number of H-pyrrole nitrogens is 1. The summed E-state index contributed by atoms with van der Waals surface area (Å²) in [6.45, 7) is 4.87. The highest BCUT2D eigenvalue weighted by atomic mass is 35.5. The summed E-state index contributed by atoms with van der Waals surface area (Å²) in [5.41, 5.74) is -2.95. The number of halogens is 4. The number of hydrogen-bond donors (Lipinski definition) is 3. The number of nitrogens with one attached hydrogen (secondary N) is 2. The van der Waals surface area contributed by atoms with Gasteiger partial charge in [-0.05, 0) is 50.8 Å². The van der Waals surface area contributed by atoms with E-state index >= 15 is 0 Å². The second kappa shape index (κ2) is 11.1. The Balaban J connectivity index is 0.000000412. The predicted molar refractivity (Wildman–Crippen MR) is 167 cm³/mol. The first-order valence-electron chi connectivity index (χ1n) is 14.6. The lowest BCUT2D eigenvalue weighted by Gasteiger charge is -2.34. The summed E-state index contributed by atoms with van der Waals surface area (Å²) < 4.78 is 51.5. The number of nitrogens with zero attached hydrogens (tertiary/aromatic N) is 5. The van der Waals surface area contributed by atoms with E-state index in [0.29, 0.717) is 46.2 Å². The molecule has 4 aromatic heterocycles. The number of rotatable bonds is 6. The highest BCUT2D eigenvalue weighted by molar-refractivity contribution is 7.26. The van der Waals surface area contributed by atoms with E-state index in [1.807, 2.05) is 6.07 Å². The number of alkyl halides is 4. The first-order valence-corrected chi connectivity index (χ1v) is 15.8. The van der Waals surface area contributed by atoms with Gasteiger partial charge < -0.3 is 24.8 Å². The minimum atomic E-state index is -3.90. The van der Waals surface area contributed by atoms with Crippen LogP contribution < -0.4 is 19.7 Å². The Kier molecular flexibility index (Phi) is 7.46. The van der Waals surface area contributed by atoms with Crippen molar-refractivity contribution in [3.8, 4) is 23.0 Å². The molecule has 3 N–H and O–H groups in total. The van der Waals surface area contributed by atoms with E-state index in [2.05, 4.69) is 30.4 Å². The number of aryl methyl sites for hydroxylation is 1. The van der Waals surface area contributed by atoms with Crippen molar-refractivity contribution in [3.63, 3.8) is 0 Å². The van der Waals surface area contributed by atoms with Gasteiger partial charge in [0.15, 0.2) is 0 Å². The fourth-order valence-corrected chi connectivity index (χ4v) is 7.63. The fourth-order valence-electron chi connectivity index (χ4n) is 6.40. The van der Waals surface area contributed by atoms with Gasteiger partial charge in [-0.3, -0.25) is 10.1 Å². The average molecular weight is 662 g/mol. The lowest BCUT2D eigenvalue weighted by molar-refractivity contribution is -0.0964. The molecule has 0 radical (unpaired) electrons. The molecule has 2 aliphatic heterocycles. The molecule has 4 atom stereocenters. The van der Waals surface area contributed by atoms with E-state index in [-0.39, 0.29) is 24.3 Å². The summed E-state index contributed by atoms with van der Waals surface area (Å²) in [4.78, 5) is 17.1. The zero-order chi connectivity index (χ0) is 31.7. The van der Waals surface area contributed by atoms with Crippen LogP contribution in [0.2, 0.25) is 0 Å². The Morgan fingerprint density at radius 1 is 1.22 bits per heavy atom. The smallest absolute Gasteiger partial charge is 0.467 e. The largest absolute Gasteiger partial charge is 0.487 e. The van der Waals surface area contributed by atoms with Crippen LogP contribution in [0.4, 0.5) is 19.0 Å². The number of ether oxygens (including phenoxy) is 2. The fraction of sp³-hybridized carbons (Fsp3) is 0.467. The van der Waals surface area contributed by atoms with Crippen molar-refractivity contribution in [1.82, 2.24) is 30.5 Å². The Morgan fingerprint density at radius 3 is 2.58 bits per heavy atom. The summed E-state index contributed by atoms with van der Waals surface area (Å²) >= 11 is 6.65. The molecule has 1 saturated carbocycles. The Labute approximate surface area is 264 Å². The number of aliphatic hydroxyl groups excluding tert-OH is 1. The van der Waals surface area contributed by atoms with Crippen LogP contribution in [0.1, 0.15) is 31.7 Å². The molecule has 2 saturated heterocycles. The van der Waals surface area contributed by atoms with Crippen molar-refractivity contribution in [1.29, 1.82) is 0 Å². The summed E-state index contributed by atoms with van der Waals surface area (Å²) in [6.07, 6.45) is 6.04. The SMILES string of the molecule is CC1(F)CC1CO.COc1nc(N2CC3CCC(C2)N3)c2c(n1)sc1c(-c3c(OC(F)(F)Cl)c(C)cc4[nH]ncc34)nccc12. The van der Waals surface area contributed by atoms with Crippen molar-refractivity contribution in [2.45, 2.75) is 56.4 Å². The van der Waals surface area contributed by atoms with Gasteiger partial charge in [0.05, 0.1) is 40.2 Å². The molecule has 3 aliphatic rings. The molecule has 4 unspecified atom stereocenters. The molecule has 2 bridgehead atoms. The van der Waals surface area contributed by atoms with Crippen molar-refractivity contribution in [2.75, 3.05) is 31.7 Å². The van der Waals surface area contributed by atoms with Crippen LogP contribution in [0, 0.1) is 12.8 Å². The number of aromatic amines is 1. The molecule has 0 amide bonds. The van der Waals surface area contributed by atoms with E-state index in [1.54, 1.807) is 32.5 Å². The summed E-state index contributed by atoms with van der Waals surface area (Å²) in [6, 6.07) is 4.70. The average Bonchev–Trinajstić information content (AvgIpc) is 3.37. The van der Waals surface area contributed by atoms with E-state index in [4.69, 9.17) is 31.2 Å². The molecule has 10 nitrogen and oxygen atoms in total. The number of piperazine rings is 1. The molecule has 0 spiro atoms. The van der Waals surface area contributed by atoms with Crippen LogP contribution in [-0.4, -0.2) is 80.4 Å². The van der Waals surface area contributed by atoms with Gasteiger partial charge in [0.25, 0.3) is 0 Å². The maximum absolute atomic E-state index is 14.0. The number of anilines is 1. The third-order valence-corrected chi connectivity index (χ3v) is 9.99. The molecular weight excluding hydrogens is 631 g/mol. The first-order chi connectivity index (χ1) is 21.5. The topological polar surface area (TPSA) is 121 Å². The van der Waals surface area contributed by atoms with Gasteiger partial charge in [-0.25, -0.2) is 4.39 Å². The molecule has 3 fully saturated rings. The molecule has 1 aromatic carbocycles. The van der Waals surface area contributed by atoms with Gasteiger partial charge in [-0.15, -0.1) is 20.1 Å². The van der Waals surface area contributed by atoms with Crippen molar-refractivity contribution < 1.29 is 27.8 Å². The van der Waals surface area contributed by atoms with Gasteiger partial charge in [0.1, 0.15) is 22.1 Å². The van der Waals surface area contributed by atoms with E-state index in [9.17, 15) is 13.2 Å². The number of aliphatic hydroxyl groups is 1. The monoisotopic (exact) mass is 661 g/mol. The molecule has 8 rings (SSSR count). The van der Waals surface area contributed by atoms with Gasteiger partial charge in [0, 0.05) is 66.3 Å². The maximum atomic E-state index is 14.0. The van der Waals surface area contributed by atoms with Crippen LogP contribution >= 0.6 is 22.9 Å². The molecule has 6 heterocycles. The number of thiophene rings is 1. The number of aromatic nitrogens is 5. The van der Waals surface area contributed by atoms with Crippen molar-refractivity contribution in [3.05, 3.63) is 30.1 Å². The Hall–Kier alpha value is -3.46. The van der Waals surface area contributed by atoms with Crippen molar-refractivity contribution in [2.24, 2.45) is 5.92 Å². The first kappa shape index (κ1) is 30.2. The minimum absolute atomic E-state index is 0.00694. The van der Waals surface area contributed by atoms with Gasteiger partial charge in [0.2, 0.25) is 0 Å². The normalized spacial score (nSPS) is 24.3. The molecule has 45 heavy (non-hydrogen) atoms. The predicted octanol–water partition coefficient (Wildman–Crippen LogP) is 5.94. The third-order valence-electron chi connectivity index (χ3n) is 8.80. The standard InChI is InChI=1S/C25H22ClF2N7O2S.C5H9FO/c1-11-7-16-15(8-30-34-16)17(20(11)37-25(26,27)28)19-21-14(5-6-29-19)18-22(32-24(36-2)33-23(18)38-21)35-9-12-3-4-13(10-35)31-12;1-5(6)2-4(5)3-7/h5-8,12-13,31H,3-4,9-10H2,1-2H3,(H,30,34);4,7H,2-3H2,1H3. The van der Waals surface area contributed by atoms with Crippen LogP contribution in [0.25, 0.3) is 42.5 Å². The molecule has 238 valence electrons. The van der Waals surface area contributed by atoms with Gasteiger partial charge in [-0.2, -0.15) is 15.1 Å². The van der Waals surface area contributed by atoms with Crippen LogP contribution in [0.5, 0.6) is 11.8 Å². The van der Waals surface area contributed by atoms with Crippen LogP contribution in [-0.2, 0) is 0 Å². The van der Waals surface area contributed by atoms with Crippen LogP contribution in [0.15, 0.2) is 24.5 Å². The second-order valence-corrected chi connectivity index (χ2v) is 13.5. The third kappa shape index (κ3) is 5.62. The lowest BCUT2D eigenvalue weighted by Crippen LogP contribution is -2.51. The Bertz CT molecular complexity index is 1900. The summed E-state index contributed by atoms with van der Waals surface area (Å²) in [7, 11) is 1.55. The summed E-state index contributed by atoms with van der Waals surface area (Å²) in [5, 5.41) is 21.4. The number of hydrogen-bond acceptors (Lipinski definition) is 10. The van der Waals surface area contributed by atoms with Crippen molar-refractivity contribution >= 4 is 60.0 Å². The van der Waals surface area contributed by atoms with E-state index < -0.39 is 11.2 Å². The number of methoxy groups -OCH3 is 1. The van der Waals surface area contributed by atoms with E-state index in [0.717, 1.165) is 52.1 Å². The number of benzene rings is 1. The molecule has 5 aromatic rings. The van der Waals surface area contributed by atoms with Gasteiger partial charge in [-0.1, -0.05) is 0 Å². The highest BCUT2D eigenvalue weighted by Gasteiger charge is 2.50. The number of pyridine rings is 1. The molecule has 1 aliphatic carbocycles. The Morgan fingerprint density at radius 2 is 1.96 bits per heavy atom. The van der Waals surface area contributed by atoms with Gasteiger partial charge >= 0.3 is 11.6 Å². The quantitative estimate of drug-likeness (QED) is 0.190. The highest BCUT2D eigenvalue weighted by Crippen LogP contribution is 2.48. The zero-order valence-electron chi connectivity index (χ0n) is 24.7. The minimum Gasteiger partial charge on any atom is -0.467 e.